The molecule has 1 heterocycles. The van der Waals surface area contributed by atoms with Gasteiger partial charge in [-0.25, -0.2) is 8.78 Å². The first-order valence-electron chi connectivity index (χ1n) is 6.31. The van der Waals surface area contributed by atoms with E-state index in [1.54, 1.807) is 17.8 Å². The van der Waals surface area contributed by atoms with E-state index in [0.717, 1.165) is 18.5 Å². The van der Waals surface area contributed by atoms with Crippen LogP contribution in [0.25, 0.3) is 0 Å². The lowest BCUT2D eigenvalue weighted by molar-refractivity contribution is 0.428. The average molecular weight is 271 g/mol. The van der Waals surface area contributed by atoms with E-state index in [2.05, 4.69) is 26.1 Å². The molecule has 0 bridgehead atoms. The second kappa shape index (κ2) is 5.17. The number of fused-ring (bicyclic) bond motifs is 1. The molecule has 1 aromatic rings. The Bertz CT molecular complexity index is 446. The lowest BCUT2D eigenvalue weighted by atomic mass is 9.90. The molecule has 0 radical (unpaired) electrons. The minimum absolute atomic E-state index is 0.00750. The monoisotopic (exact) mass is 271 g/mol. The molecule has 18 heavy (non-hydrogen) atoms. The smallest absolute Gasteiger partial charge is 0.163 e. The van der Waals surface area contributed by atoms with Gasteiger partial charge in [-0.2, -0.15) is 0 Å². The van der Waals surface area contributed by atoms with E-state index in [1.807, 2.05) is 0 Å². The second-order valence-corrected chi connectivity index (χ2v) is 6.84. The summed E-state index contributed by atoms with van der Waals surface area (Å²) in [6.07, 6.45) is 1.02. The highest BCUT2D eigenvalue weighted by Gasteiger charge is 2.37. The number of rotatable bonds is 3. The van der Waals surface area contributed by atoms with Gasteiger partial charge in [0, 0.05) is 22.1 Å². The first-order valence-corrected chi connectivity index (χ1v) is 7.30. The Morgan fingerprint density at radius 3 is 2.78 bits per heavy atom. The third-order valence-corrected chi connectivity index (χ3v) is 4.84. The van der Waals surface area contributed by atoms with Crippen molar-refractivity contribution in [3.05, 3.63) is 34.9 Å². The fraction of sp³-hybridized carbons (Fsp3) is 0.571. The molecule has 1 aliphatic heterocycles. The summed E-state index contributed by atoms with van der Waals surface area (Å²) in [6.45, 7) is 7.28. The van der Waals surface area contributed by atoms with Crippen LogP contribution in [0.3, 0.4) is 0 Å². The van der Waals surface area contributed by atoms with Gasteiger partial charge in [0.1, 0.15) is 0 Å². The topological polar surface area (TPSA) is 12.0 Å². The van der Waals surface area contributed by atoms with E-state index < -0.39 is 11.6 Å². The molecule has 1 atom stereocenters. The van der Waals surface area contributed by atoms with E-state index >= 15 is 0 Å². The molecule has 0 spiro atoms. The standard InChI is InChI=1S/C14H19F2NS/c1-4-7-17-13-9-5-6-11(15)12(16)10(9)8-18-14(13,2)3/h5-6,13,17H,4,7-8H2,1-3H3. The van der Waals surface area contributed by atoms with Crippen LogP contribution in [0.4, 0.5) is 8.78 Å². The summed E-state index contributed by atoms with van der Waals surface area (Å²) in [4.78, 5) is 0. The summed E-state index contributed by atoms with van der Waals surface area (Å²) >= 11 is 1.68. The van der Waals surface area contributed by atoms with Gasteiger partial charge in [-0.3, -0.25) is 0 Å². The summed E-state index contributed by atoms with van der Waals surface area (Å²) in [7, 11) is 0. The Labute approximate surface area is 111 Å². The fourth-order valence-corrected chi connectivity index (χ4v) is 3.57. The molecule has 4 heteroatoms. The van der Waals surface area contributed by atoms with Crippen LogP contribution in [-0.2, 0) is 5.75 Å². The Morgan fingerprint density at radius 2 is 2.11 bits per heavy atom. The maximum atomic E-state index is 13.8. The van der Waals surface area contributed by atoms with Gasteiger partial charge >= 0.3 is 0 Å². The van der Waals surface area contributed by atoms with Gasteiger partial charge in [-0.05, 0) is 38.4 Å². The van der Waals surface area contributed by atoms with Gasteiger partial charge in [0.05, 0.1) is 0 Å². The van der Waals surface area contributed by atoms with Crippen LogP contribution in [0.5, 0.6) is 0 Å². The van der Waals surface area contributed by atoms with Crippen LogP contribution in [0.2, 0.25) is 0 Å². The molecule has 0 saturated heterocycles. The molecular weight excluding hydrogens is 252 g/mol. The molecule has 0 saturated carbocycles. The van der Waals surface area contributed by atoms with Crippen molar-refractivity contribution in [2.24, 2.45) is 0 Å². The summed E-state index contributed by atoms with van der Waals surface area (Å²) in [5.74, 6) is -0.891. The largest absolute Gasteiger partial charge is 0.309 e. The molecular formula is C14H19F2NS. The molecule has 1 nitrogen and oxygen atoms in total. The Balaban J connectivity index is 2.42. The van der Waals surface area contributed by atoms with Crippen molar-refractivity contribution < 1.29 is 8.78 Å². The van der Waals surface area contributed by atoms with Crippen molar-refractivity contribution in [2.45, 2.75) is 43.7 Å². The van der Waals surface area contributed by atoms with E-state index in [1.165, 1.54) is 6.07 Å². The Morgan fingerprint density at radius 1 is 1.39 bits per heavy atom. The zero-order valence-corrected chi connectivity index (χ0v) is 11.8. The van der Waals surface area contributed by atoms with Crippen LogP contribution in [0.15, 0.2) is 12.1 Å². The van der Waals surface area contributed by atoms with Gasteiger partial charge < -0.3 is 5.32 Å². The maximum Gasteiger partial charge on any atom is 0.163 e. The lowest BCUT2D eigenvalue weighted by Crippen LogP contribution is -2.40. The molecule has 0 fully saturated rings. The summed E-state index contributed by atoms with van der Waals surface area (Å²) in [5, 5.41) is 3.45. The number of hydrogen-bond acceptors (Lipinski definition) is 2. The highest BCUT2D eigenvalue weighted by Crippen LogP contribution is 2.46. The van der Waals surface area contributed by atoms with Crippen molar-refractivity contribution in [3.63, 3.8) is 0 Å². The molecule has 1 unspecified atom stereocenters. The van der Waals surface area contributed by atoms with Gasteiger partial charge in [0.15, 0.2) is 11.6 Å². The van der Waals surface area contributed by atoms with Gasteiger partial charge in [-0.1, -0.05) is 13.0 Å². The third kappa shape index (κ3) is 2.41. The summed E-state index contributed by atoms with van der Waals surface area (Å²) in [5.41, 5.74) is 1.43. The Hall–Kier alpha value is -0.610. The highest BCUT2D eigenvalue weighted by atomic mass is 32.2. The van der Waals surface area contributed by atoms with Crippen LogP contribution in [-0.4, -0.2) is 11.3 Å². The normalized spacial score (nSPS) is 21.7. The first-order chi connectivity index (χ1) is 8.47. The molecule has 100 valence electrons. The minimum Gasteiger partial charge on any atom is -0.309 e. The van der Waals surface area contributed by atoms with Crippen LogP contribution in [0, 0.1) is 11.6 Å². The van der Waals surface area contributed by atoms with Crippen molar-refractivity contribution in [3.8, 4) is 0 Å². The van der Waals surface area contributed by atoms with Crippen molar-refractivity contribution in [1.82, 2.24) is 5.32 Å². The quantitative estimate of drug-likeness (QED) is 0.890. The molecule has 0 amide bonds. The Kier molecular flexibility index (Phi) is 3.97. The van der Waals surface area contributed by atoms with Crippen LogP contribution >= 0.6 is 11.8 Å². The van der Waals surface area contributed by atoms with Gasteiger partial charge in [0.2, 0.25) is 0 Å². The average Bonchev–Trinajstić information content (AvgIpc) is 2.32. The van der Waals surface area contributed by atoms with Crippen molar-refractivity contribution >= 4 is 11.8 Å². The highest BCUT2D eigenvalue weighted by molar-refractivity contribution is 8.00. The van der Waals surface area contributed by atoms with E-state index in [9.17, 15) is 8.78 Å². The number of nitrogens with one attached hydrogen (secondary N) is 1. The maximum absolute atomic E-state index is 13.8. The number of hydrogen-bond donors (Lipinski definition) is 1. The molecule has 1 aromatic carbocycles. The SMILES string of the molecule is CCCNC1c2ccc(F)c(F)c2CSC1(C)C. The first kappa shape index (κ1) is 13.8. The lowest BCUT2D eigenvalue weighted by Gasteiger charge is -2.40. The van der Waals surface area contributed by atoms with E-state index in [-0.39, 0.29) is 10.8 Å². The predicted molar refractivity (Wildman–Crippen MR) is 72.8 cm³/mol. The van der Waals surface area contributed by atoms with Crippen LogP contribution in [0.1, 0.15) is 44.4 Å². The third-order valence-electron chi connectivity index (χ3n) is 3.43. The van der Waals surface area contributed by atoms with Crippen molar-refractivity contribution in [1.29, 1.82) is 0 Å². The fourth-order valence-electron chi connectivity index (χ4n) is 2.39. The minimum atomic E-state index is -0.747. The molecule has 1 N–H and O–H groups in total. The molecule has 0 aromatic heterocycles. The number of halogens is 2. The summed E-state index contributed by atoms with van der Waals surface area (Å²) < 4.78 is 27.1. The molecule has 1 aliphatic rings. The molecule has 0 aliphatic carbocycles. The predicted octanol–water partition coefficient (Wildman–Crippen LogP) is 4.03. The summed E-state index contributed by atoms with van der Waals surface area (Å²) in [6, 6.07) is 3.03. The van der Waals surface area contributed by atoms with Gasteiger partial charge in [-0.15, -0.1) is 11.8 Å². The zero-order chi connectivity index (χ0) is 13.3. The number of thioether (sulfide) groups is 1. The van der Waals surface area contributed by atoms with E-state index in [4.69, 9.17) is 0 Å². The zero-order valence-electron chi connectivity index (χ0n) is 11.0. The van der Waals surface area contributed by atoms with E-state index in [0.29, 0.717) is 11.3 Å². The number of benzene rings is 1. The van der Waals surface area contributed by atoms with Gasteiger partial charge in [0.25, 0.3) is 0 Å². The molecule has 2 rings (SSSR count). The van der Waals surface area contributed by atoms with Crippen molar-refractivity contribution in [2.75, 3.05) is 6.54 Å². The van der Waals surface area contributed by atoms with Crippen LogP contribution < -0.4 is 5.32 Å². The second-order valence-electron chi connectivity index (χ2n) is 5.21.